The van der Waals surface area contributed by atoms with Gasteiger partial charge in [0.25, 0.3) is 5.91 Å². The van der Waals surface area contributed by atoms with E-state index in [1.165, 1.54) is 12.1 Å². The van der Waals surface area contributed by atoms with Crippen LogP contribution in [-0.2, 0) is 0 Å². The Morgan fingerprint density at radius 3 is 2.88 bits per heavy atom. The number of hydrogen-bond acceptors (Lipinski definition) is 4. The van der Waals surface area contributed by atoms with Crippen molar-refractivity contribution in [2.45, 2.75) is 18.2 Å². The molecule has 1 fully saturated rings. The van der Waals surface area contributed by atoms with Crippen molar-refractivity contribution >= 4 is 33.8 Å². The van der Waals surface area contributed by atoms with Crippen LogP contribution in [0.5, 0.6) is 0 Å². The maximum absolute atomic E-state index is 11.6. The van der Waals surface area contributed by atoms with Gasteiger partial charge >= 0.3 is 5.00 Å². The summed E-state index contributed by atoms with van der Waals surface area (Å²) in [5.74, 6) is 0.212. The van der Waals surface area contributed by atoms with E-state index in [0.29, 0.717) is 17.3 Å². The molecule has 1 aliphatic carbocycles. The molecular weight excluding hydrogens is 264 g/mol. The summed E-state index contributed by atoms with van der Waals surface area (Å²) in [6.07, 6.45) is 2.24. The second kappa shape index (κ2) is 5.01. The van der Waals surface area contributed by atoms with E-state index in [4.69, 9.17) is 11.6 Å². The first-order chi connectivity index (χ1) is 8.08. The zero-order valence-corrected chi connectivity index (χ0v) is 10.5. The molecule has 0 saturated heterocycles. The van der Waals surface area contributed by atoms with Gasteiger partial charge in [0.2, 0.25) is 0 Å². The van der Waals surface area contributed by atoms with Crippen molar-refractivity contribution in [1.82, 2.24) is 5.32 Å². The standard InChI is InChI=1S/C10H11ClN2O3S/c11-7(6-1-2-6)5-12-10(14)8-3-4-9(17-8)13(15)16/h3-4,6-7H,1-2,5H2,(H,12,14). The molecule has 7 heteroatoms. The van der Waals surface area contributed by atoms with E-state index < -0.39 is 4.92 Å². The largest absolute Gasteiger partial charge is 0.350 e. The molecule has 1 aromatic heterocycles. The van der Waals surface area contributed by atoms with Crippen molar-refractivity contribution in [1.29, 1.82) is 0 Å². The summed E-state index contributed by atoms with van der Waals surface area (Å²) in [5, 5.41) is 13.1. The monoisotopic (exact) mass is 274 g/mol. The zero-order chi connectivity index (χ0) is 12.4. The predicted octanol–water partition coefficient (Wildman–Crippen LogP) is 2.40. The van der Waals surface area contributed by atoms with Crippen molar-refractivity contribution < 1.29 is 9.72 Å². The molecule has 1 N–H and O–H groups in total. The van der Waals surface area contributed by atoms with Crippen molar-refractivity contribution in [2.75, 3.05) is 6.54 Å². The summed E-state index contributed by atoms with van der Waals surface area (Å²) in [7, 11) is 0. The molecule has 92 valence electrons. The van der Waals surface area contributed by atoms with Gasteiger partial charge in [-0.05, 0) is 24.8 Å². The van der Waals surface area contributed by atoms with Gasteiger partial charge in [-0.2, -0.15) is 0 Å². The van der Waals surface area contributed by atoms with Gasteiger partial charge in [-0.15, -0.1) is 11.6 Å². The van der Waals surface area contributed by atoms with Gasteiger partial charge in [0.1, 0.15) is 0 Å². The highest BCUT2D eigenvalue weighted by Gasteiger charge is 2.29. The summed E-state index contributed by atoms with van der Waals surface area (Å²) >= 11 is 6.92. The lowest BCUT2D eigenvalue weighted by Crippen LogP contribution is -2.30. The molecule has 1 unspecified atom stereocenters. The summed E-state index contributed by atoms with van der Waals surface area (Å²) < 4.78 is 0. The number of nitro groups is 1. The minimum Gasteiger partial charge on any atom is -0.350 e. The van der Waals surface area contributed by atoms with E-state index in [2.05, 4.69) is 5.32 Å². The molecule has 0 radical (unpaired) electrons. The van der Waals surface area contributed by atoms with Crippen LogP contribution >= 0.6 is 22.9 Å². The third-order valence-electron chi connectivity index (χ3n) is 2.59. The molecule has 0 spiro atoms. The fraction of sp³-hybridized carbons (Fsp3) is 0.500. The summed E-state index contributed by atoms with van der Waals surface area (Å²) in [6.45, 7) is 0.413. The lowest BCUT2D eigenvalue weighted by molar-refractivity contribution is -0.380. The number of halogens is 1. The summed E-state index contributed by atoms with van der Waals surface area (Å²) in [5.41, 5.74) is 0. The van der Waals surface area contributed by atoms with E-state index in [-0.39, 0.29) is 16.3 Å². The third-order valence-corrected chi connectivity index (χ3v) is 4.13. The fourth-order valence-electron chi connectivity index (χ4n) is 1.45. The Kier molecular flexibility index (Phi) is 3.63. The maximum atomic E-state index is 11.6. The fourth-order valence-corrected chi connectivity index (χ4v) is 2.52. The quantitative estimate of drug-likeness (QED) is 0.509. The zero-order valence-electron chi connectivity index (χ0n) is 8.89. The molecule has 1 heterocycles. The van der Waals surface area contributed by atoms with Gasteiger partial charge in [-0.3, -0.25) is 14.9 Å². The van der Waals surface area contributed by atoms with E-state index in [9.17, 15) is 14.9 Å². The van der Waals surface area contributed by atoms with Crippen LogP contribution in [0, 0.1) is 16.0 Å². The summed E-state index contributed by atoms with van der Waals surface area (Å²) in [4.78, 5) is 21.9. The second-order valence-corrected chi connectivity index (χ2v) is 5.58. The number of thiophene rings is 1. The predicted molar refractivity (Wildman–Crippen MR) is 65.7 cm³/mol. The lowest BCUT2D eigenvalue weighted by atomic mass is 10.3. The summed E-state index contributed by atoms with van der Waals surface area (Å²) in [6, 6.07) is 2.79. The molecule has 1 saturated carbocycles. The number of carbonyl (C=O) groups excluding carboxylic acids is 1. The first-order valence-corrected chi connectivity index (χ1v) is 6.49. The van der Waals surface area contributed by atoms with Crippen LogP contribution in [0.1, 0.15) is 22.5 Å². The van der Waals surface area contributed by atoms with E-state index in [0.717, 1.165) is 24.2 Å². The Labute approximate surface area is 107 Å². The first-order valence-electron chi connectivity index (χ1n) is 5.24. The van der Waals surface area contributed by atoms with Crippen LogP contribution in [-0.4, -0.2) is 22.8 Å². The average Bonchev–Trinajstić information content (AvgIpc) is 3.02. The van der Waals surface area contributed by atoms with Crippen molar-refractivity contribution in [3.05, 3.63) is 27.1 Å². The Morgan fingerprint density at radius 1 is 1.65 bits per heavy atom. The Morgan fingerprint density at radius 2 is 2.35 bits per heavy atom. The number of carbonyl (C=O) groups is 1. The number of amides is 1. The Hall–Kier alpha value is -1.14. The number of rotatable bonds is 5. The number of hydrogen-bond donors (Lipinski definition) is 1. The molecule has 1 amide bonds. The molecule has 5 nitrogen and oxygen atoms in total. The SMILES string of the molecule is O=C(NCC(Cl)C1CC1)c1ccc([N+](=O)[O-])s1. The van der Waals surface area contributed by atoms with Crippen LogP contribution < -0.4 is 5.32 Å². The molecule has 0 aliphatic heterocycles. The highest BCUT2D eigenvalue weighted by atomic mass is 35.5. The van der Waals surface area contributed by atoms with Crippen LogP contribution in [0.4, 0.5) is 5.00 Å². The molecule has 0 bridgehead atoms. The maximum Gasteiger partial charge on any atom is 0.324 e. The molecule has 0 aromatic carbocycles. The third kappa shape index (κ3) is 3.17. The number of nitrogens with zero attached hydrogens (tertiary/aromatic N) is 1. The highest BCUT2D eigenvalue weighted by Crippen LogP contribution is 2.35. The minimum atomic E-state index is -0.504. The normalized spacial score (nSPS) is 16.5. The molecule has 2 rings (SSSR count). The van der Waals surface area contributed by atoms with E-state index in [1.807, 2.05) is 0 Å². The number of alkyl halides is 1. The first kappa shape index (κ1) is 12.3. The van der Waals surface area contributed by atoms with Gasteiger partial charge in [0.15, 0.2) is 0 Å². The molecule has 17 heavy (non-hydrogen) atoms. The average molecular weight is 275 g/mol. The molecule has 1 atom stereocenters. The molecule has 1 aromatic rings. The lowest BCUT2D eigenvalue weighted by Gasteiger charge is -2.08. The smallest absolute Gasteiger partial charge is 0.324 e. The van der Waals surface area contributed by atoms with Gasteiger partial charge in [0.05, 0.1) is 15.2 Å². The van der Waals surface area contributed by atoms with Crippen molar-refractivity contribution in [3.8, 4) is 0 Å². The van der Waals surface area contributed by atoms with Crippen molar-refractivity contribution in [2.24, 2.45) is 5.92 Å². The van der Waals surface area contributed by atoms with Crippen LogP contribution in [0.2, 0.25) is 0 Å². The van der Waals surface area contributed by atoms with Crippen LogP contribution in [0.25, 0.3) is 0 Å². The van der Waals surface area contributed by atoms with Gasteiger partial charge in [0, 0.05) is 12.6 Å². The van der Waals surface area contributed by atoms with Gasteiger partial charge < -0.3 is 5.32 Å². The van der Waals surface area contributed by atoms with Gasteiger partial charge in [-0.25, -0.2) is 0 Å². The van der Waals surface area contributed by atoms with Crippen LogP contribution in [0.3, 0.4) is 0 Å². The Balaban J connectivity index is 1.87. The molecule has 1 aliphatic rings. The highest BCUT2D eigenvalue weighted by molar-refractivity contribution is 7.17. The second-order valence-electron chi connectivity index (χ2n) is 3.96. The number of nitrogens with one attached hydrogen (secondary N) is 1. The van der Waals surface area contributed by atoms with Crippen LogP contribution in [0.15, 0.2) is 12.1 Å². The van der Waals surface area contributed by atoms with E-state index in [1.54, 1.807) is 0 Å². The van der Waals surface area contributed by atoms with E-state index >= 15 is 0 Å². The topological polar surface area (TPSA) is 72.2 Å². The molecular formula is C10H11ClN2O3S. The van der Waals surface area contributed by atoms with Crippen molar-refractivity contribution in [3.63, 3.8) is 0 Å². The Bertz CT molecular complexity index is 445. The minimum absolute atomic E-state index is 0.0280. The van der Waals surface area contributed by atoms with Gasteiger partial charge in [-0.1, -0.05) is 11.3 Å².